The summed E-state index contributed by atoms with van der Waals surface area (Å²) in [6.07, 6.45) is 1.26. The van der Waals surface area contributed by atoms with Crippen molar-refractivity contribution in [2.24, 2.45) is 17.8 Å². The standard InChI is InChI=1S/C14H23NO4/c1-8-4-11(14(17)18)7-15(6-8)13(16)12-9(2)5-10(3)19-12/h8-12H,4-7H2,1-3H3,(H,17,18). The predicted octanol–water partition coefficient (Wildman–Crippen LogP) is 1.37. The fraction of sp³-hybridized carbons (Fsp3) is 0.857. The van der Waals surface area contributed by atoms with E-state index >= 15 is 0 Å². The van der Waals surface area contributed by atoms with Crippen LogP contribution >= 0.6 is 0 Å². The minimum Gasteiger partial charge on any atom is -0.481 e. The molecule has 0 bridgehead atoms. The second kappa shape index (κ2) is 5.49. The lowest BCUT2D eigenvalue weighted by molar-refractivity contribution is -0.152. The molecule has 0 aromatic rings. The molecule has 5 heteroatoms. The number of hydrogen-bond donors (Lipinski definition) is 1. The van der Waals surface area contributed by atoms with Crippen LogP contribution in [0.2, 0.25) is 0 Å². The Kier molecular flexibility index (Phi) is 4.13. The van der Waals surface area contributed by atoms with Gasteiger partial charge in [0.25, 0.3) is 5.91 Å². The summed E-state index contributed by atoms with van der Waals surface area (Å²) in [4.78, 5) is 25.3. The van der Waals surface area contributed by atoms with Crippen LogP contribution in [-0.4, -0.2) is 47.2 Å². The van der Waals surface area contributed by atoms with E-state index in [4.69, 9.17) is 9.84 Å². The van der Waals surface area contributed by atoms with E-state index in [9.17, 15) is 9.59 Å². The van der Waals surface area contributed by atoms with Crippen molar-refractivity contribution in [1.82, 2.24) is 4.90 Å². The number of aliphatic carboxylic acids is 1. The molecule has 5 unspecified atom stereocenters. The Labute approximate surface area is 113 Å². The number of amides is 1. The fourth-order valence-corrected chi connectivity index (χ4v) is 3.28. The highest BCUT2D eigenvalue weighted by Crippen LogP contribution is 2.29. The molecule has 2 saturated heterocycles. The van der Waals surface area contributed by atoms with Gasteiger partial charge < -0.3 is 14.7 Å². The second-order valence-electron chi connectivity index (χ2n) is 6.20. The molecule has 0 spiro atoms. The van der Waals surface area contributed by atoms with Crippen LogP contribution in [0.1, 0.15) is 33.6 Å². The number of carboxylic acid groups (broad SMARTS) is 1. The van der Waals surface area contributed by atoms with Gasteiger partial charge in [-0.3, -0.25) is 9.59 Å². The summed E-state index contributed by atoms with van der Waals surface area (Å²) in [5.74, 6) is -0.842. The summed E-state index contributed by atoms with van der Waals surface area (Å²) in [7, 11) is 0. The number of piperidine rings is 1. The largest absolute Gasteiger partial charge is 0.481 e. The van der Waals surface area contributed by atoms with Gasteiger partial charge in [0.2, 0.25) is 0 Å². The molecule has 0 aromatic carbocycles. The molecule has 0 radical (unpaired) electrons. The third-order valence-corrected chi connectivity index (χ3v) is 4.16. The van der Waals surface area contributed by atoms with Crippen LogP contribution in [0, 0.1) is 17.8 Å². The van der Waals surface area contributed by atoms with E-state index in [-0.39, 0.29) is 23.8 Å². The van der Waals surface area contributed by atoms with E-state index in [1.165, 1.54) is 0 Å². The fourth-order valence-electron chi connectivity index (χ4n) is 3.28. The highest BCUT2D eigenvalue weighted by atomic mass is 16.5. The average molecular weight is 269 g/mol. The molecule has 0 aliphatic carbocycles. The summed E-state index contributed by atoms with van der Waals surface area (Å²) in [5, 5.41) is 9.15. The summed E-state index contributed by atoms with van der Waals surface area (Å²) in [5.41, 5.74) is 0. The Bertz CT molecular complexity index is 370. The van der Waals surface area contributed by atoms with Crippen molar-refractivity contribution >= 4 is 11.9 Å². The molecule has 1 amide bonds. The zero-order valence-corrected chi connectivity index (χ0v) is 11.8. The van der Waals surface area contributed by atoms with Gasteiger partial charge >= 0.3 is 5.97 Å². The topological polar surface area (TPSA) is 66.8 Å². The summed E-state index contributed by atoms with van der Waals surface area (Å²) in [6.45, 7) is 6.96. The normalized spacial score (nSPS) is 39.3. The van der Waals surface area contributed by atoms with Crippen LogP contribution in [0.25, 0.3) is 0 Å². The molecule has 5 nitrogen and oxygen atoms in total. The van der Waals surface area contributed by atoms with E-state index in [0.29, 0.717) is 19.5 Å². The Balaban J connectivity index is 2.04. The molecule has 2 fully saturated rings. The first-order chi connectivity index (χ1) is 8.88. The van der Waals surface area contributed by atoms with Crippen LogP contribution in [0.3, 0.4) is 0 Å². The van der Waals surface area contributed by atoms with Gasteiger partial charge in [-0.05, 0) is 31.6 Å². The van der Waals surface area contributed by atoms with Crippen molar-refractivity contribution < 1.29 is 19.4 Å². The maximum atomic E-state index is 12.5. The first-order valence-corrected chi connectivity index (χ1v) is 7.05. The number of carbonyl (C=O) groups is 2. The van der Waals surface area contributed by atoms with Crippen molar-refractivity contribution in [1.29, 1.82) is 0 Å². The first-order valence-electron chi connectivity index (χ1n) is 7.05. The maximum Gasteiger partial charge on any atom is 0.308 e. The van der Waals surface area contributed by atoms with Gasteiger partial charge in [0.1, 0.15) is 6.10 Å². The summed E-state index contributed by atoms with van der Waals surface area (Å²) < 4.78 is 5.68. The van der Waals surface area contributed by atoms with Crippen molar-refractivity contribution in [3.8, 4) is 0 Å². The van der Waals surface area contributed by atoms with E-state index in [0.717, 1.165) is 6.42 Å². The van der Waals surface area contributed by atoms with Crippen molar-refractivity contribution in [2.75, 3.05) is 13.1 Å². The van der Waals surface area contributed by atoms with Crippen LogP contribution in [0.5, 0.6) is 0 Å². The van der Waals surface area contributed by atoms with Crippen LogP contribution < -0.4 is 0 Å². The molecule has 2 heterocycles. The number of carboxylic acids is 1. The lowest BCUT2D eigenvalue weighted by atomic mass is 9.89. The van der Waals surface area contributed by atoms with Crippen LogP contribution in [0.4, 0.5) is 0 Å². The van der Waals surface area contributed by atoms with E-state index in [2.05, 4.69) is 0 Å². The van der Waals surface area contributed by atoms with Gasteiger partial charge in [0.15, 0.2) is 0 Å². The van der Waals surface area contributed by atoms with Crippen LogP contribution in [0.15, 0.2) is 0 Å². The average Bonchev–Trinajstić information content (AvgIpc) is 2.66. The highest BCUT2D eigenvalue weighted by molar-refractivity contribution is 5.82. The third kappa shape index (κ3) is 3.08. The molecule has 2 aliphatic heterocycles. The number of nitrogens with zero attached hydrogens (tertiary/aromatic N) is 1. The Morgan fingerprint density at radius 1 is 1.16 bits per heavy atom. The zero-order valence-electron chi connectivity index (χ0n) is 11.8. The van der Waals surface area contributed by atoms with Crippen molar-refractivity contribution in [2.45, 2.75) is 45.8 Å². The van der Waals surface area contributed by atoms with Gasteiger partial charge in [0.05, 0.1) is 12.0 Å². The van der Waals surface area contributed by atoms with Gasteiger partial charge in [-0.25, -0.2) is 0 Å². The SMILES string of the molecule is CC1CC(C(=O)O)CN(C(=O)C2OC(C)CC2C)C1. The predicted molar refractivity (Wildman–Crippen MR) is 69.6 cm³/mol. The Morgan fingerprint density at radius 2 is 1.84 bits per heavy atom. The Hall–Kier alpha value is -1.10. The molecule has 2 aliphatic rings. The third-order valence-electron chi connectivity index (χ3n) is 4.16. The molecule has 19 heavy (non-hydrogen) atoms. The van der Waals surface area contributed by atoms with E-state index in [1.807, 2.05) is 20.8 Å². The highest BCUT2D eigenvalue weighted by Gasteiger charge is 2.40. The monoisotopic (exact) mass is 269 g/mol. The number of carbonyl (C=O) groups excluding carboxylic acids is 1. The van der Waals surface area contributed by atoms with Crippen molar-refractivity contribution in [3.63, 3.8) is 0 Å². The number of hydrogen-bond acceptors (Lipinski definition) is 3. The van der Waals surface area contributed by atoms with Gasteiger partial charge in [0, 0.05) is 13.1 Å². The quantitative estimate of drug-likeness (QED) is 0.822. The molecular formula is C14H23NO4. The maximum absolute atomic E-state index is 12.5. The smallest absolute Gasteiger partial charge is 0.308 e. The lowest BCUT2D eigenvalue weighted by Crippen LogP contribution is -2.50. The van der Waals surface area contributed by atoms with E-state index in [1.54, 1.807) is 4.90 Å². The van der Waals surface area contributed by atoms with Crippen molar-refractivity contribution in [3.05, 3.63) is 0 Å². The summed E-state index contributed by atoms with van der Waals surface area (Å²) in [6, 6.07) is 0. The molecular weight excluding hydrogens is 246 g/mol. The zero-order chi connectivity index (χ0) is 14.2. The molecule has 0 saturated carbocycles. The van der Waals surface area contributed by atoms with Gasteiger partial charge in [-0.1, -0.05) is 13.8 Å². The summed E-state index contributed by atoms with van der Waals surface area (Å²) >= 11 is 0. The van der Waals surface area contributed by atoms with Gasteiger partial charge in [-0.2, -0.15) is 0 Å². The minimum absolute atomic E-state index is 0.0327. The number of likely N-dealkylation sites (tertiary alicyclic amines) is 1. The minimum atomic E-state index is -0.807. The molecule has 108 valence electrons. The lowest BCUT2D eigenvalue weighted by Gasteiger charge is -2.36. The van der Waals surface area contributed by atoms with Gasteiger partial charge in [-0.15, -0.1) is 0 Å². The Morgan fingerprint density at radius 3 is 2.37 bits per heavy atom. The molecule has 5 atom stereocenters. The number of ether oxygens (including phenoxy) is 1. The molecule has 2 rings (SSSR count). The second-order valence-corrected chi connectivity index (χ2v) is 6.20. The molecule has 1 N–H and O–H groups in total. The van der Waals surface area contributed by atoms with E-state index < -0.39 is 18.0 Å². The number of rotatable bonds is 2. The first kappa shape index (κ1) is 14.3. The molecule has 0 aromatic heterocycles. The van der Waals surface area contributed by atoms with Crippen LogP contribution in [-0.2, 0) is 14.3 Å².